The summed E-state index contributed by atoms with van der Waals surface area (Å²) in [6, 6.07) is 12.0. The number of anilines is 3. The van der Waals surface area contributed by atoms with Gasteiger partial charge in [0, 0.05) is 45.8 Å². The summed E-state index contributed by atoms with van der Waals surface area (Å²) in [6.45, 7) is 2.55. The van der Waals surface area contributed by atoms with E-state index in [1.54, 1.807) is 30.6 Å². The lowest BCUT2D eigenvalue weighted by Gasteiger charge is -2.14. The number of aliphatic imine (C=N–C) groups is 1. The molecule has 0 atom stereocenters. The molecule has 0 aliphatic carbocycles. The number of nitrogens with zero attached hydrogens (tertiary/aromatic N) is 3. The van der Waals surface area contributed by atoms with Gasteiger partial charge in [0.15, 0.2) is 5.13 Å². The second-order valence-electron chi connectivity index (χ2n) is 8.22. The van der Waals surface area contributed by atoms with Gasteiger partial charge in [-0.15, -0.1) is 11.3 Å². The number of aromatic nitrogens is 2. The third kappa shape index (κ3) is 5.61. The first-order valence-electron chi connectivity index (χ1n) is 11.2. The highest BCUT2D eigenvalue weighted by Crippen LogP contribution is 2.33. The Bertz CT molecular complexity index is 1490. The number of benzene rings is 2. The average Bonchev–Trinajstić information content (AvgIpc) is 3.58. The van der Waals surface area contributed by atoms with Crippen molar-refractivity contribution < 1.29 is 22.7 Å². The van der Waals surface area contributed by atoms with Crippen molar-refractivity contribution in [3.63, 3.8) is 0 Å². The maximum Gasteiger partial charge on any atom is 0.416 e. The van der Waals surface area contributed by atoms with Gasteiger partial charge in [-0.3, -0.25) is 9.78 Å². The van der Waals surface area contributed by atoms with Crippen LogP contribution in [0.2, 0.25) is 0 Å². The molecule has 2 aromatic carbocycles. The highest BCUT2D eigenvalue weighted by Gasteiger charge is 2.32. The summed E-state index contributed by atoms with van der Waals surface area (Å²) >= 11 is 1.40. The molecule has 3 heterocycles. The van der Waals surface area contributed by atoms with Gasteiger partial charge in [-0.25, -0.2) is 9.98 Å². The van der Waals surface area contributed by atoms with E-state index in [1.165, 1.54) is 17.4 Å². The van der Waals surface area contributed by atoms with Crippen molar-refractivity contribution in [2.45, 2.75) is 13.1 Å². The largest absolute Gasteiger partial charge is 0.476 e. The molecule has 0 bridgehead atoms. The Balaban J connectivity index is 1.37. The molecule has 2 aromatic heterocycles. The SMILES string of the molecule is Cc1ccc(C(=O)Nc2cc(C3=NCCO3)cc(C(F)(F)F)c2)cc1Nc1nc(-c2cccnc2)cs1. The Kier molecular flexibility index (Phi) is 6.62. The summed E-state index contributed by atoms with van der Waals surface area (Å²) in [5.41, 5.74) is 2.68. The minimum atomic E-state index is -4.60. The van der Waals surface area contributed by atoms with Gasteiger partial charge in [-0.1, -0.05) is 6.07 Å². The van der Waals surface area contributed by atoms with Crippen LogP contribution in [0.1, 0.15) is 27.0 Å². The number of hydrogen-bond donors (Lipinski definition) is 2. The number of alkyl halides is 3. The minimum absolute atomic E-state index is 0.0101. The standard InChI is InChI=1S/C26H20F3N5O2S/c1-15-4-5-16(11-21(15)33-25-34-22(14-37-25)17-3-2-6-30-13-17)23(35)32-20-10-18(24-31-7-8-36-24)9-19(12-20)26(27,28)29/h2-6,9-14H,7-8H2,1H3,(H,32,35)(H,33,34). The predicted molar refractivity (Wildman–Crippen MR) is 137 cm³/mol. The topological polar surface area (TPSA) is 88.5 Å². The molecule has 0 unspecified atom stereocenters. The molecule has 0 saturated heterocycles. The lowest BCUT2D eigenvalue weighted by molar-refractivity contribution is -0.137. The van der Waals surface area contributed by atoms with E-state index in [1.807, 2.05) is 24.4 Å². The molecule has 1 aliphatic rings. The number of nitrogens with one attached hydrogen (secondary N) is 2. The average molecular weight is 524 g/mol. The highest BCUT2D eigenvalue weighted by molar-refractivity contribution is 7.14. The van der Waals surface area contributed by atoms with E-state index >= 15 is 0 Å². The fourth-order valence-electron chi connectivity index (χ4n) is 3.69. The number of pyridine rings is 1. The van der Waals surface area contributed by atoms with E-state index in [-0.39, 0.29) is 22.7 Å². The minimum Gasteiger partial charge on any atom is -0.476 e. The third-order valence-electron chi connectivity index (χ3n) is 5.55. The van der Waals surface area contributed by atoms with Crippen molar-refractivity contribution in [3.05, 3.63) is 88.6 Å². The summed E-state index contributed by atoms with van der Waals surface area (Å²) < 4.78 is 45.8. The molecule has 2 N–H and O–H groups in total. The summed E-state index contributed by atoms with van der Waals surface area (Å²) in [5.74, 6) is -0.435. The zero-order valence-corrected chi connectivity index (χ0v) is 20.3. The second-order valence-corrected chi connectivity index (χ2v) is 9.08. The van der Waals surface area contributed by atoms with Gasteiger partial charge in [0.05, 0.1) is 17.8 Å². The maximum atomic E-state index is 13.5. The van der Waals surface area contributed by atoms with Crippen molar-refractivity contribution >= 4 is 39.6 Å². The first kappa shape index (κ1) is 24.4. The van der Waals surface area contributed by atoms with Crippen molar-refractivity contribution in [2.24, 2.45) is 4.99 Å². The summed E-state index contributed by atoms with van der Waals surface area (Å²) in [6.07, 6.45) is -1.19. The Hall–Kier alpha value is -4.25. The monoisotopic (exact) mass is 523 g/mol. The van der Waals surface area contributed by atoms with E-state index in [9.17, 15) is 18.0 Å². The van der Waals surface area contributed by atoms with Gasteiger partial charge in [0.1, 0.15) is 6.61 Å². The van der Waals surface area contributed by atoms with E-state index in [4.69, 9.17) is 4.74 Å². The number of halogens is 3. The lowest BCUT2D eigenvalue weighted by atomic mass is 10.1. The van der Waals surface area contributed by atoms with E-state index < -0.39 is 17.6 Å². The number of ether oxygens (including phenoxy) is 1. The lowest BCUT2D eigenvalue weighted by Crippen LogP contribution is -2.15. The third-order valence-corrected chi connectivity index (χ3v) is 6.31. The van der Waals surface area contributed by atoms with E-state index in [0.717, 1.165) is 29.0 Å². The first-order chi connectivity index (χ1) is 17.8. The zero-order chi connectivity index (χ0) is 26.0. The van der Waals surface area contributed by atoms with Gasteiger partial charge < -0.3 is 15.4 Å². The van der Waals surface area contributed by atoms with Crippen LogP contribution in [-0.2, 0) is 10.9 Å². The van der Waals surface area contributed by atoms with Crippen LogP contribution in [0.3, 0.4) is 0 Å². The molecule has 1 amide bonds. The maximum absolute atomic E-state index is 13.5. The number of carbonyl (C=O) groups excluding carboxylic acids is 1. The van der Waals surface area contributed by atoms with Gasteiger partial charge in [-0.2, -0.15) is 13.2 Å². The smallest absolute Gasteiger partial charge is 0.416 e. The number of thiazole rings is 1. The molecular formula is C26H20F3N5O2S. The van der Waals surface area contributed by atoms with Gasteiger partial charge >= 0.3 is 6.18 Å². The molecule has 37 heavy (non-hydrogen) atoms. The molecule has 0 saturated carbocycles. The Morgan fingerprint density at radius 3 is 2.70 bits per heavy atom. The number of amides is 1. The number of aryl methyl sites for hydroxylation is 1. The van der Waals surface area contributed by atoms with E-state index in [0.29, 0.717) is 24.0 Å². The van der Waals surface area contributed by atoms with Gasteiger partial charge in [0.25, 0.3) is 5.91 Å². The van der Waals surface area contributed by atoms with E-state index in [2.05, 4.69) is 25.6 Å². The summed E-state index contributed by atoms with van der Waals surface area (Å²) in [4.78, 5) is 25.8. The Morgan fingerprint density at radius 1 is 1.11 bits per heavy atom. The van der Waals surface area contributed by atoms with Crippen LogP contribution in [0, 0.1) is 6.92 Å². The van der Waals surface area contributed by atoms with Crippen molar-refractivity contribution in [3.8, 4) is 11.3 Å². The fraction of sp³-hybridized carbons (Fsp3) is 0.154. The highest BCUT2D eigenvalue weighted by atomic mass is 32.1. The Morgan fingerprint density at radius 2 is 1.97 bits per heavy atom. The van der Waals surface area contributed by atoms with Gasteiger partial charge in [-0.05, 0) is 55.0 Å². The molecule has 1 aliphatic heterocycles. The zero-order valence-electron chi connectivity index (χ0n) is 19.5. The molecular weight excluding hydrogens is 503 g/mol. The van der Waals surface area contributed by atoms with Gasteiger partial charge in [0.2, 0.25) is 5.90 Å². The summed E-state index contributed by atoms with van der Waals surface area (Å²) in [7, 11) is 0. The number of rotatable bonds is 6. The molecule has 4 aromatic rings. The Labute approximate surface area is 214 Å². The van der Waals surface area contributed by atoms with Crippen molar-refractivity contribution in [1.82, 2.24) is 9.97 Å². The molecule has 188 valence electrons. The molecule has 5 rings (SSSR count). The predicted octanol–water partition coefficient (Wildman–Crippen LogP) is 6.31. The molecule has 11 heteroatoms. The summed E-state index contributed by atoms with van der Waals surface area (Å²) in [5, 5.41) is 8.32. The quantitative estimate of drug-likeness (QED) is 0.309. The van der Waals surface area contributed by atoms with Crippen LogP contribution < -0.4 is 10.6 Å². The van der Waals surface area contributed by atoms with Crippen LogP contribution >= 0.6 is 11.3 Å². The fourth-order valence-corrected chi connectivity index (χ4v) is 4.42. The van der Waals surface area contributed by atoms with Crippen molar-refractivity contribution in [2.75, 3.05) is 23.8 Å². The van der Waals surface area contributed by atoms with Crippen LogP contribution in [0.15, 0.2) is 71.3 Å². The normalized spacial score (nSPS) is 13.1. The van der Waals surface area contributed by atoms with Crippen LogP contribution in [0.4, 0.5) is 29.7 Å². The molecule has 0 spiro atoms. The van der Waals surface area contributed by atoms with Crippen LogP contribution in [0.25, 0.3) is 11.3 Å². The first-order valence-corrected chi connectivity index (χ1v) is 12.1. The van der Waals surface area contributed by atoms with Crippen LogP contribution in [0.5, 0.6) is 0 Å². The molecule has 0 fully saturated rings. The number of carbonyl (C=O) groups is 1. The van der Waals surface area contributed by atoms with Crippen LogP contribution in [-0.4, -0.2) is 34.9 Å². The molecule has 0 radical (unpaired) electrons. The molecule has 7 nitrogen and oxygen atoms in total. The second kappa shape index (κ2) is 10.0. The number of hydrogen-bond acceptors (Lipinski definition) is 7. The van der Waals surface area contributed by atoms with Crippen molar-refractivity contribution in [1.29, 1.82) is 0 Å².